The molecule has 0 aliphatic heterocycles. The highest BCUT2D eigenvalue weighted by molar-refractivity contribution is 5.67. The number of hydrogen-bond acceptors (Lipinski definition) is 3. The highest BCUT2D eigenvalue weighted by atomic mass is 16.4. The number of hydrogen-bond donors (Lipinski definition) is 2. The lowest BCUT2D eigenvalue weighted by Crippen LogP contribution is -2.66. The first-order chi connectivity index (χ1) is 15.4. The molecule has 3 nitrogen and oxygen atoms in total. The van der Waals surface area contributed by atoms with Gasteiger partial charge in [0.2, 0.25) is 0 Å². The summed E-state index contributed by atoms with van der Waals surface area (Å²) in [5, 5.41) is 24.2. The fraction of sp³-hybridized carbons (Fsp3) is 0.900. The van der Waals surface area contributed by atoms with Crippen LogP contribution in [0.25, 0.3) is 0 Å². The number of fused-ring (bicyclic) bond motifs is 7. The minimum atomic E-state index is -0.158. The maximum atomic E-state index is 10.9. The van der Waals surface area contributed by atoms with Crippen LogP contribution in [0.2, 0.25) is 0 Å². The third-order valence-electron chi connectivity index (χ3n) is 13.4. The van der Waals surface area contributed by atoms with E-state index in [1.807, 2.05) is 6.21 Å². The van der Waals surface area contributed by atoms with E-state index in [1.54, 1.807) is 0 Å². The Kier molecular flexibility index (Phi) is 5.31. The summed E-state index contributed by atoms with van der Waals surface area (Å²) in [6.45, 7) is 19.3. The van der Waals surface area contributed by atoms with Crippen LogP contribution in [-0.4, -0.2) is 22.6 Å². The number of aliphatic hydroxyl groups is 1. The summed E-state index contributed by atoms with van der Waals surface area (Å²) in [6, 6.07) is 0. The van der Waals surface area contributed by atoms with Gasteiger partial charge in [-0.25, -0.2) is 0 Å². The van der Waals surface area contributed by atoms with Crippen molar-refractivity contribution < 1.29 is 10.3 Å². The number of rotatable bonds is 2. The summed E-state index contributed by atoms with van der Waals surface area (Å²) < 4.78 is 0. The third kappa shape index (κ3) is 2.87. The van der Waals surface area contributed by atoms with Gasteiger partial charge in [-0.15, -0.1) is 5.16 Å². The van der Waals surface area contributed by atoms with Gasteiger partial charge in [-0.05, 0) is 122 Å². The van der Waals surface area contributed by atoms with Gasteiger partial charge in [0.1, 0.15) is 0 Å². The van der Waals surface area contributed by atoms with Crippen LogP contribution in [0.5, 0.6) is 0 Å². The van der Waals surface area contributed by atoms with Crippen molar-refractivity contribution in [2.45, 2.75) is 112 Å². The van der Waals surface area contributed by atoms with E-state index in [-0.39, 0.29) is 16.9 Å². The molecule has 2 N–H and O–H groups in total. The van der Waals surface area contributed by atoms with Gasteiger partial charge in [-0.1, -0.05) is 46.8 Å². The van der Waals surface area contributed by atoms with Gasteiger partial charge in [0.25, 0.3) is 0 Å². The Morgan fingerprint density at radius 1 is 0.848 bits per heavy atom. The summed E-state index contributed by atoms with van der Waals surface area (Å²) >= 11 is 0. The predicted molar refractivity (Wildman–Crippen MR) is 135 cm³/mol. The van der Waals surface area contributed by atoms with Crippen LogP contribution in [0.15, 0.2) is 17.3 Å². The molecule has 0 radical (unpaired) electrons. The zero-order valence-corrected chi connectivity index (χ0v) is 22.2. The summed E-state index contributed by atoms with van der Waals surface area (Å²) in [4.78, 5) is 0. The molecule has 4 unspecified atom stereocenters. The molecule has 5 aliphatic rings. The zero-order chi connectivity index (χ0) is 24.0. The number of allylic oxidation sites excluding steroid dienone is 1. The van der Waals surface area contributed by atoms with Crippen LogP contribution in [-0.2, 0) is 0 Å². The molecule has 5 saturated carbocycles. The first-order valence-corrected chi connectivity index (χ1v) is 13.9. The second-order valence-electron chi connectivity index (χ2n) is 14.5. The van der Waals surface area contributed by atoms with Gasteiger partial charge in [0.05, 0.1) is 12.3 Å². The molecule has 0 bridgehead atoms. The van der Waals surface area contributed by atoms with E-state index < -0.39 is 0 Å². The molecule has 0 aromatic carbocycles. The molecule has 0 saturated heterocycles. The molecule has 0 spiro atoms. The van der Waals surface area contributed by atoms with Gasteiger partial charge >= 0.3 is 0 Å². The van der Waals surface area contributed by atoms with E-state index in [4.69, 9.17) is 0 Å². The van der Waals surface area contributed by atoms with Crippen LogP contribution < -0.4 is 0 Å². The average molecular weight is 456 g/mol. The molecular formula is C30H49NO2. The molecule has 0 heterocycles. The fourth-order valence-electron chi connectivity index (χ4n) is 11.5. The highest BCUT2D eigenvalue weighted by Crippen LogP contribution is 2.77. The lowest BCUT2D eigenvalue weighted by atomic mass is 9.32. The molecule has 186 valence electrons. The van der Waals surface area contributed by atoms with Crippen LogP contribution in [0.4, 0.5) is 0 Å². The first-order valence-electron chi connectivity index (χ1n) is 13.9. The standard InChI is InChI=1S/C30H49NO2/c1-19(2)20-10-15-30(18-31-33)17-16-28(6)21(25(20)30)8-9-23-27(5)13-12-24(32)26(3,4)22(27)11-14-29(23,28)7/h18,20-25,32-33H,1,8-17H2,2-7H3/b31-18+/t20-,21?,22?,23?,24-,25?,27-,28+,29+,30+/m0/s1. The Hall–Kier alpha value is -0.830. The number of aliphatic hydroxyl groups excluding tert-OH is 1. The van der Waals surface area contributed by atoms with E-state index in [0.29, 0.717) is 39.9 Å². The molecular weight excluding hydrogens is 406 g/mol. The van der Waals surface area contributed by atoms with Gasteiger partial charge in [0, 0.05) is 5.41 Å². The molecule has 0 aromatic heterocycles. The van der Waals surface area contributed by atoms with E-state index >= 15 is 0 Å². The van der Waals surface area contributed by atoms with Crippen molar-refractivity contribution in [2.24, 2.45) is 61.8 Å². The molecule has 5 rings (SSSR count). The zero-order valence-electron chi connectivity index (χ0n) is 22.2. The Morgan fingerprint density at radius 3 is 2.24 bits per heavy atom. The normalized spacial score (nSPS) is 55.4. The van der Waals surface area contributed by atoms with E-state index in [1.165, 1.54) is 50.5 Å². The van der Waals surface area contributed by atoms with Crippen LogP contribution in [0.1, 0.15) is 106 Å². The van der Waals surface area contributed by atoms with Crippen molar-refractivity contribution in [1.29, 1.82) is 0 Å². The Morgan fingerprint density at radius 2 is 1.58 bits per heavy atom. The predicted octanol–water partition coefficient (Wildman–Crippen LogP) is 7.46. The maximum Gasteiger partial charge on any atom is 0.0594 e. The molecule has 0 aromatic rings. The van der Waals surface area contributed by atoms with Gasteiger partial charge in [-0.3, -0.25) is 0 Å². The monoisotopic (exact) mass is 455 g/mol. The molecule has 33 heavy (non-hydrogen) atoms. The van der Waals surface area contributed by atoms with E-state index in [0.717, 1.165) is 25.2 Å². The molecule has 0 amide bonds. The number of nitrogens with zero attached hydrogens (tertiary/aromatic N) is 1. The van der Waals surface area contributed by atoms with Crippen molar-refractivity contribution in [3.63, 3.8) is 0 Å². The minimum Gasteiger partial charge on any atom is -0.411 e. The smallest absolute Gasteiger partial charge is 0.0594 e. The summed E-state index contributed by atoms with van der Waals surface area (Å²) in [5.74, 6) is 3.16. The van der Waals surface area contributed by atoms with Crippen LogP contribution in [0.3, 0.4) is 0 Å². The van der Waals surface area contributed by atoms with Gasteiger partial charge < -0.3 is 10.3 Å². The minimum absolute atomic E-state index is 0.0158. The highest BCUT2D eigenvalue weighted by Gasteiger charge is 2.70. The van der Waals surface area contributed by atoms with Crippen molar-refractivity contribution in [3.8, 4) is 0 Å². The lowest BCUT2D eigenvalue weighted by molar-refractivity contribution is -0.243. The van der Waals surface area contributed by atoms with Gasteiger partial charge in [-0.2, -0.15) is 0 Å². The Labute approximate surface area is 202 Å². The fourth-order valence-corrected chi connectivity index (χ4v) is 11.5. The number of oxime groups is 1. The summed E-state index contributed by atoms with van der Waals surface area (Å²) in [6.07, 6.45) is 13.9. The van der Waals surface area contributed by atoms with Gasteiger partial charge in [0.15, 0.2) is 0 Å². The second-order valence-corrected chi connectivity index (χ2v) is 14.5. The largest absolute Gasteiger partial charge is 0.411 e. The molecule has 10 atom stereocenters. The molecule has 5 fully saturated rings. The van der Waals surface area contributed by atoms with E-state index in [9.17, 15) is 10.3 Å². The molecule has 5 aliphatic carbocycles. The van der Waals surface area contributed by atoms with Crippen LogP contribution >= 0.6 is 0 Å². The lowest BCUT2D eigenvalue weighted by Gasteiger charge is -2.72. The third-order valence-corrected chi connectivity index (χ3v) is 13.4. The van der Waals surface area contributed by atoms with Crippen molar-refractivity contribution in [1.82, 2.24) is 0 Å². The summed E-state index contributed by atoms with van der Waals surface area (Å²) in [5.41, 5.74) is 2.40. The maximum absolute atomic E-state index is 10.9. The summed E-state index contributed by atoms with van der Waals surface area (Å²) in [7, 11) is 0. The Balaban J connectivity index is 1.56. The second kappa shape index (κ2) is 7.34. The SMILES string of the molecule is C=C(C)[C@@H]1CC[C@]2(/C=N/O)CC[C@]3(C)C(CCC4[C@@]5(C)CC[C@H](O)C(C)(C)C5CC[C@]43C)C12. The van der Waals surface area contributed by atoms with Crippen molar-refractivity contribution >= 4 is 6.21 Å². The average Bonchev–Trinajstić information content (AvgIpc) is 3.12. The molecule has 3 heteroatoms. The topological polar surface area (TPSA) is 52.8 Å². The first kappa shape index (κ1) is 23.9. The van der Waals surface area contributed by atoms with Crippen LogP contribution in [0, 0.1) is 56.7 Å². The van der Waals surface area contributed by atoms with Crippen molar-refractivity contribution in [3.05, 3.63) is 12.2 Å². The quantitative estimate of drug-likeness (QED) is 0.196. The Bertz CT molecular complexity index is 848. The van der Waals surface area contributed by atoms with E-state index in [2.05, 4.69) is 53.3 Å². The van der Waals surface area contributed by atoms with Crippen molar-refractivity contribution in [2.75, 3.05) is 0 Å².